The van der Waals surface area contributed by atoms with Crippen LogP contribution in [0.4, 0.5) is 5.69 Å². The fraction of sp³-hybridized carbons (Fsp3) is 0.227. The molecule has 0 fully saturated rings. The standard InChI is InChI=1S/C22H25AsN5O/c1-4-27(5-2)18-11-9-17(10-12-18)23-21(29)20-13-15(3)26-28(20)19-8-6-7-16(14-19)22(24)25/h6-14H,4-5H2,1-3H3,(H3,24,25). The van der Waals surface area contributed by atoms with Crippen molar-refractivity contribution in [3.05, 3.63) is 71.5 Å². The van der Waals surface area contributed by atoms with Gasteiger partial charge in [-0.1, -0.05) is 0 Å². The van der Waals surface area contributed by atoms with Gasteiger partial charge in [0.15, 0.2) is 0 Å². The third-order valence-corrected chi connectivity index (χ3v) is 6.74. The molecule has 6 nitrogen and oxygen atoms in total. The van der Waals surface area contributed by atoms with Gasteiger partial charge < -0.3 is 0 Å². The molecule has 29 heavy (non-hydrogen) atoms. The quantitative estimate of drug-likeness (QED) is 0.314. The van der Waals surface area contributed by atoms with Crippen LogP contribution in [0.15, 0.2) is 54.6 Å². The number of amidine groups is 1. The number of hydrogen-bond acceptors (Lipinski definition) is 4. The first kappa shape index (κ1) is 20.9. The summed E-state index contributed by atoms with van der Waals surface area (Å²) in [6.07, 6.45) is 0. The average molecular weight is 450 g/mol. The van der Waals surface area contributed by atoms with E-state index >= 15 is 0 Å². The van der Waals surface area contributed by atoms with Crippen molar-refractivity contribution in [2.75, 3.05) is 18.0 Å². The zero-order valence-electron chi connectivity index (χ0n) is 16.9. The van der Waals surface area contributed by atoms with E-state index in [2.05, 4.69) is 48.1 Å². The van der Waals surface area contributed by atoms with Crippen molar-refractivity contribution in [3.8, 4) is 5.69 Å². The predicted molar refractivity (Wildman–Crippen MR) is 119 cm³/mol. The normalized spacial score (nSPS) is 11.1. The van der Waals surface area contributed by atoms with Crippen molar-refractivity contribution in [2.45, 2.75) is 20.8 Å². The Hall–Kier alpha value is -2.85. The minimum absolute atomic E-state index is 0.0109. The fourth-order valence-electron chi connectivity index (χ4n) is 3.16. The number of nitrogens with zero attached hydrogens (tertiary/aromatic N) is 3. The Bertz CT molecular complexity index is 1020. The molecule has 0 amide bonds. The first-order chi connectivity index (χ1) is 13.9. The van der Waals surface area contributed by atoms with E-state index in [0.717, 1.165) is 28.8 Å². The number of aryl methyl sites for hydroxylation is 1. The van der Waals surface area contributed by atoms with Gasteiger partial charge in [0.1, 0.15) is 0 Å². The molecule has 7 heteroatoms. The molecule has 0 aliphatic carbocycles. The average Bonchev–Trinajstić information content (AvgIpc) is 3.12. The number of aromatic nitrogens is 2. The summed E-state index contributed by atoms with van der Waals surface area (Å²) in [6, 6.07) is 17.3. The third-order valence-electron chi connectivity index (χ3n) is 4.66. The van der Waals surface area contributed by atoms with Gasteiger partial charge in [-0.3, -0.25) is 0 Å². The molecule has 0 bridgehead atoms. The van der Waals surface area contributed by atoms with E-state index in [1.165, 1.54) is 5.69 Å². The monoisotopic (exact) mass is 450 g/mol. The van der Waals surface area contributed by atoms with E-state index in [0.29, 0.717) is 11.3 Å². The van der Waals surface area contributed by atoms with Crippen LogP contribution in [0.3, 0.4) is 0 Å². The number of carbonyl (C=O) groups excluding carboxylic acids is 1. The molecule has 1 heterocycles. The molecule has 3 N–H and O–H groups in total. The Kier molecular flexibility index (Phi) is 6.55. The molecular weight excluding hydrogens is 425 g/mol. The predicted octanol–water partition coefficient (Wildman–Crippen LogP) is 2.48. The zero-order chi connectivity index (χ0) is 21.0. The Morgan fingerprint density at radius 3 is 2.45 bits per heavy atom. The summed E-state index contributed by atoms with van der Waals surface area (Å²) in [5, 5.41) is 12.1. The van der Waals surface area contributed by atoms with Crippen LogP contribution >= 0.6 is 0 Å². The van der Waals surface area contributed by atoms with Gasteiger partial charge in [-0.25, -0.2) is 0 Å². The van der Waals surface area contributed by atoms with Crippen molar-refractivity contribution < 1.29 is 4.79 Å². The van der Waals surface area contributed by atoms with Gasteiger partial charge >= 0.3 is 178 Å². The van der Waals surface area contributed by atoms with Crippen molar-refractivity contribution >= 4 is 36.2 Å². The maximum atomic E-state index is 13.1. The number of hydrogen-bond donors (Lipinski definition) is 2. The van der Waals surface area contributed by atoms with Gasteiger partial charge in [0.25, 0.3) is 0 Å². The molecule has 1 aromatic heterocycles. The SMILES string of the molecule is CCN(CC)c1ccc([As]C(=O)c2cc(C)nn2-c2cccc(C(=N)N)c2)cc1. The third kappa shape index (κ3) is 4.77. The van der Waals surface area contributed by atoms with Crippen LogP contribution in [-0.4, -0.2) is 49.0 Å². The van der Waals surface area contributed by atoms with Gasteiger partial charge in [-0.15, -0.1) is 0 Å². The first-order valence-electron chi connectivity index (χ1n) is 9.55. The summed E-state index contributed by atoms with van der Waals surface area (Å²) in [4.78, 5) is 15.4. The van der Waals surface area contributed by atoms with Crippen LogP contribution in [0, 0.1) is 12.3 Å². The van der Waals surface area contributed by atoms with E-state index in [9.17, 15) is 4.79 Å². The summed E-state index contributed by atoms with van der Waals surface area (Å²) >= 11 is -0.686. The fourth-order valence-corrected chi connectivity index (χ4v) is 4.85. The molecular formula is C22H25AsN5O. The number of nitrogen functional groups attached to an aromatic ring is 1. The molecule has 3 rings (SSSR count). The Morgan fingerprint density at radius 2 is 1.83 bits per heavy atom. The minimum atomic E-state index is -0.686. The number of carbonyl (C=O) groups is 1. The van der Waals surface area contributed by atoms with Gasteiger partial charge in [0, 0.05) is 0 Å². The van der Waals surface area contributed by atoms with E-state index in [1.807, 2.05) is 25.1 Å². The van der Waals surface area contributed by atoms with Gasteiger partial charge in [-0.2, -0.15) is 0 Å². The van der Waals surface area contributed by atoms with Gasteiger partial charge in [0.2, 0.25) is 0 Å². The summed E-state index contributed by atoms with van der Waals surface area (Å²) < 4.78 is 2.81. The topological polar surface area (TPSA) is 88.0 Å². The molecule has 0 aliphatic heterocycles. The van der Waals surface area contributed by atoms with E-state index < -0.39 is 15.8 Å². The van der Waals surface area contributed by atoms with Crippen molar-refractivity contribution in [1.29, 1.82) is 5.41 Å². The summed E-state index contributed by atoms with van der Waals surface area (Å²) in [5.74, 6) is -0.0109. The number of benzene rings is 2. The molecule has 0 saturated carbocycles. The van der Waals surface area contributed by atoms with Crippen LogP contribution in [0.1, 0.15) is 35.6 Å². The number of nitrogens with two attached hydrogens (primary N) is 1. The Balaban J connectivity index is 1.85. The molecule has 3 aromatic rings. The van der Waals surface area contributed by atoms with Gasteiger partial charge in [0.05, 0.1) is 0 Å². The van der Waals surface area contributed by atoms with Crippen molar-refractivity contribution in [2.24, 2.45) is 5.73 Å². The molecule has 0 saturated heterocycles. The second kappa shape index (κ2) is 9.10. The molecule has 0 unspecified atom stereocenters. The molecule has 0 atom stereocenters. The van der Waals surface area contributed by atoms with Crippen molar-refractivity contribution in [3.63, 3.8) is 0 Å². The van der Waals surface area contributed by atoms with Crippen LogP contribution < -0.4 is 15.0 Å². The molecule has 1 radical (unpaired) electrons. The van der Waals surface area contributed by atoms with E-state index in [1.54, 1.807) is 16.8 Å². The first-order valence-corrected chi connectivity index (χ1v) is 11.4. The van der Waals surface area contributed by atoms with Gasteiger partial charge in [-0.05, 0) is 0 Å². The van der Waals surface area contributed by atoms with Crippen LogP contribution in [-0.2, 0) is 0 Å². The number of anilines is 1. The second-order valence-electron chi connectivity index (χ2n) is 6.65. The van der Waals surface area contributed by atoms with Crippen LogP contribution in [0.5, 0.6) is 0 Å². The summed E-state index contributed by atoms with van der Waals surface area (Å²) in [7, 11) is 0. The van der Waals surface area contributed by atoms with E-state index in [-0.39, 0.29) is 10.4 Å². The Morgan fingerprint density at radius 1 is 1.14 bits per heavy atom. The molecule has 2 aromatic carbocycles. The zero-order valence-corrected chi connectivity index (χ0v) is 18.8. The molecule has 0 aliphatic rings. The Labute approximate surface area is 177 Å². The van der Waals surface area contributed by atoms with Crippen LogP contribution in [0.2, 0.25) is 0 Å². The van der Waals surface area contributed by atoms with E-state index in [4.69, 9.17) is 11.1 Å². The maximum absolute atomic E-state index is 13.1. The van der Waals surface area contributed by atoms with Crippen molar-refractivity contribution in [1.82, 2.24) is 9.78 Å². The van der Waals surface area contributed by atoms with Crippen LogP contribution in [0.25, 0.3) is 5.69 Å². The number of rotatable bonds is 8. The second-order valence-corrected chi connectivity index (χ2v) is 9.06. The number of nitrogens with one attached hydrogen (secondary N) is 1. The summed E-state index contributed by atoms with van der Waals surface area (Å²) in [6.45, 7) is 8.06. The summed E-state index contributed by atoms with van der Waals surface area (Å²) in [5.41, 5.74) is 9.46. The molecule has 0 spiro atoms. The molecule has 149 valence electrons.